The molecule has 1 aromatic carbocycles. The highest BCUT2D eigenvalue weighted by Crippen LogP contribution is 2.37. The average molecular weight is 400 g/mol. The van der Waals surface area contributed by atoms with E-state index in [1.54, 1.807) is 29.2 Å². The van der Waals surface area contributed by atoms with Crippen LogP contribution in [-0.4, -0.2) is 62.0 Å². The molecular formula is C20H22N3O6+. The number of carbonyl (C=O) groups is 3. The Morgan fingerprint density at radius 2 is 1.86 bits per heavy atom. The van der Waals surface area contributed by atoms with Crippen molar-refractivity contribution in [2.45, 2.75) is 6.92 Å². The van der Waals surface area contributed by atoms with Crippen LogP contribution < -0.4 is 19.7 Å². The van der Waals surface area contributed by atoms with Crippen molar-refractivity contribution in [3.63, 3.8) is 0 Å². The normalized spacial score (nSPS) is 16.0. The van der Waals surface area contributed by atoms with Crippen molar-refractivity contribution >= 4 is 23.3 Å². The van der Waals surface area contributed by atoms with Crippen molar-refractivity contribution in [2.24, 2.45) is 0 Å². The van der Waals surface area contributed by atoms with Crippen LogP contribution in [0.25, 0.3) is 0 Å². The van der Waals surface area contributed by atoms with Gasteiger partial charge >= 0.3 is 0 Å². The van der Waals surface area contributed by atoms with E-state index < -0.39 is 0 Å². The van der Waals surface area contributed by atoms with Gasteiger partial charge in [-0.2, -0.15) is 0 Å². The number of carbonyl (C=O) groups excluding carboxylic acids is 3. The maximum absolute atomic E-state index is 12.5. The molecule has 1 saturated heterocycles. The van der Waals surface area contributed by atoms with Crippen molar-refractivity contribution in [3.05, 3.63) is 41.9 Å². The summed E-state index contributed by atoms with van der Waals surface area (Å²) in [5.74, 6) is 0.817. The monoisotopic (exact) mass is 400 g/mol. The minimum absolute atomic E-state index is 0.0925. The molecule has 1 aromatic heterocycles. The van der Waals surface area contributed by atoms with E-state index in [1.165, 1.54) is 13.2 Å². The summed E-state index contributed by atoms with van der Waals surface area (Å²) < 4.78 is 15.8. The van der Waals surface area contributed by atoms with E-state index in [-0.39, 0.29) is 30.9 Å². The van der Waals surface area contributed by atoms with Gasteiger partial charge in [0, 0.05) is 11.6 Å². The lowest BCUT2D eigenvalue weighted by Gasteiger charge is -2.31. The second-order valence-electron chi connectivity index (χ2n) is 7.05. The molecule has 4 rings (SSSR count). The van der Waals surface area contributed by atoms with E-state index in [0.29, 0.717) is 54.7 Å². The average Bonchev–Trinajstić information content (AvgIpc) is 3.39. The predicted octanol–water partition coefficient (Wildman–Crippen LogP) is 0.190. The molecule has 0 radical (unpaired) electrons. The van der Waals surface area contributed by atoms with E-state index in [4.69, 9.17) is 13.9 Å². The molecule has 9 heteroatoms. The first-order valence-corrected chi connectivity index (χ1v) is 9.42. The summed E-state index contributed by atoms with van der Waals surface area (Å²) in [5.41, 5.74) is 0.796. The first kappa shape index (κ1) is 19.0. The molecule has 29 heavy (non-hydrogen) atoms. The van der Waals surface area contributed by atoms with Crippen LogP contribution in [0.3, 0.4) is 0 Å². The number of benzene rings is 1. The third-order valence-electron chi connectivity index (χ3n) is 5.07. The number of Topliss-reactive ketones (excluding diaryl/α,β-unsaturated/α-hetero) is 1. The molecule has 2 aliphatic heterocycles. The number of fused-ring (bicyclic) bond motifs is 1. The van der Waals surface area contributed by atoms with Gasteiger partial charge in [0.1, 0.15) is 0 Å². The van der Waals surface area contributed by atoms with Crippen LogP contribution in [0.1, 0.15) is 27.8 Å². The third kappa shape index (κ3) is 4.09. The van der Waals surface area contributed by atoms with Crippen molar-refractivity contribution < 1.29 is 33.2 Å². The number of ether oxygens (including phenoxy) is 2. The Bertz CT molecular complexity index is 932. The number of anilines is 1. The Morgan fingerprint density at radius 3 is 2.52 bits per heavy atom. The molecule has 0 atom stereocenters. The topological polar surface area (TPSA) is 103 Å². The molecule has 2 aromatic rings. The molecule has 9 nitrogen and oxygen atoms in total. The Kier molecular flexibility index (Phi) is 5.22. The summed E-state index contributed by atoms with van der Waals surface area (Å²) in [7, 11) is 0. The van der Waals surface area contributed by atoms with Crippen molar-refractivity contribution in [1.82, 2.24) is 4.90 Å². The SMILES string of the molecule is CC(=O)c1cc2c(cc1NC(=O)C[NH+]1CCN(C(=O)c3ccco3)CC1)OCO2. The molecule has 2 aliphatic rings. The number of rotatable bonds is 5. The van der Waals surface area contributed by atoms with E-state index in [0.717, 1.165) is 4.90 Å². The van der Waals surface area contributed by atoms with E-state index >= 15 is 0 Å². The van der Waals surface area contributed by atoms with Gasteiger partial charge in [0.25, 0.3) is 11.8 Å². The van der Waals surface area contributed by atoms with Crippen molar-refractivity contribution in [1.29, 1.82) is 0 Å². The van der Waals surface area contributed by atoms with Crippen LogP contribution in [0.15, 0.2) is 34.9 Å². The summed E-state index contributed by atoms with van der Waals surface area (Å²) in [5, 5.41) is 2.81. The number of quaternary nitrogens is 1. The largest absolute Gasteiger partial charge is 0.459 e. The lowest BCUT2D eigenvalue weighted by atomic mass is 10.1. The van der Waals surface area contributed by atoms with E-state index in [2.05, 4.69) is 5.32 Å². The van der Waals surface area contributed by atoms with Crippen molar-refractivity contribution in [2.75, 3.05) is 44.8 Å². The highest BCUT2D eigenvalue weighted by Gasteiger charge is 2.28. The summed E-state index contributed by atoms with van der Waals surface area (Å²) in [6.45, 7) is 4.17. The number of hydrogen-bond donors (Lipinski definition) is 2. The van der Waals surface area contributed by atoms with Gasteiger partial charge in [-0.05, 0) is 25.1 Å². The number of hydrogen-bond acceptors (Lipinski definition) is 6. The van der Waals surface area contributed by atoms with Crippen LogP contribution in [0.4, 0.5) is 5.69 Å². The van der Waals surface area contributed by atoms with Crippen LogP contribution >= 0.6 is 0 Å². The first-order chi connectivity index (χ1) is 14.0. The molecule has 0 bridgehead atoms. The second-order valence-corrected chi connectivity index (χ2v) is 7.05. The molecule has 152 valence electrons. The van der Waals surface area contributed by atoms with Gasteiger partial charge < -0.3 is 29.0 Å². The van der Waals surface area contributed by atoms with E-state index in [1.807, 2.05) is 0 Å². The van der Waals surface area contributed by atoms with Gasteiger partial charge in [0.15, 0.2) is 29.6 Å². The van der Waals surface area contributed by atoms with Gasteiger partial charge in [-0.3, -0.25) is 14.4 Å². The molecule has 2 N–H and O–H groups in total. The number of nitrogens with zero attached hydrogens (tertiary/aromatic N) is 1. The molecule has 0 unspecified atom stereocenters. The third-order valence-corrected chi connectivity index (χ3v) is 5.07. The zero-order chi connectivity index (χ0) is 20.4. The molecule has 0 saturated carbocycles. The minimum atomic E-state index is -0.202. The smallest absolute Gasteiger partial charge is 0.289 e. The molecule has 1 fully saturated rings. The van der Waals surface area contributed by atoms with Gasteiger partial charge in [-0.15, -0.1) is 0 Å². The van der Waals surface area contributed by atoms with Gasteiger partial charge in [0.2, 0.25) is 6.79 Å². The highest BCUT2D eigenvalue weighted by molar-refractivity contribution is 6.04. The number of piperazine rings is 1. The Labute approximate surface area is 167 Å². The lowest BCUT2D eigenvalue weighted by Crippen LogP contribution is -3.15. The quantitative estimate of drug-likeness (QED) is 0.695. The number of amides is 2. The van der Waals surface area contributed by atoms with Gasteiger partial charge in [-0.1, -0.05) is 0 Å². The zero-order valence-electron chi connectivity index (χ0n) is 16.0. The highest BCUT2D eigenvalue weighted by atomic mass is 16.7. The molecule has 2 amide bonds. The molecule has 0 aliphatic carbocycles. The molecule has 3 heterocycles. The minimum Gasteiger partial charge on any atom is -0.459 e. The fraction of sp³-hybridized carbons (Fsp3) is 0.350. The Hall–Kier alpha value is -3.33. The van der Waals surface area contributed by atoms with Crippen molar-refractivity contribution in [3.8, 4) is 11.5 Å². The van der Waals surface area contributed by atoms with E-state index in [9.17, 15) is 14.4 Å². The second kappa shape index (κ2) is 7.96. The van der Waals surface area contributed by atoms with Gasteiger partial charge in [-0.25, -0.2) is 0 Å². The standard InChI is InChI=1S/C20H21N3O6/c1-13(24)14-9-17-18(29-12-28-17)10-15(14)21-19(25)11-22-4-6-23(7-5-22)20(26)16-3-2-8-27-16/h2-3,8-10H,4-7,11-12H2,1H3,(H,21,25)/p+1. The Morgan fingerprint density at radius 1 is 1.14 bits per heavy atom. The fourth-order valence-corrected chi connectivity index (χ4v) is 3.52. The maximum Gasteiger partial charge on any atom is 0.289 e. The summed E-state index contributed by atoms with van der Waals surface area (Å²) >= 11 is 0. The number of ketones is 1. The summed E-state index contributed by atoms with van der Waals surface area (Å²) in [4.78, 5) is 39.6. The molecule has 0 spiro atoms. The van der Waals surface area contributed by atoms with Crippen LogP contribution in [-0.2, 0) is 4.79 Å². The van der Waals surface area contributed by atoms with Crippen LogP contribution in [0.5, 0.6) is 11.5 Å². The van der Waals surface area contributed by atoms with Crippen LogP contribution in [0, 0.1) is 0 Å². The Balaban J connectivity index is 1.34. The number of furan rings is 1. The zero-order valence-corrected chi connectivity index (χ0v) is 16.0. The van der Waals surface area contributed by atoms with Crippen LogP contribution in [0.2, 0.25) is 0 Å². The lowest BCUT2D eigenvalue weighted by molar-refractivity contribution is -0.895. The fourth-order valence-electron chi connectivity index (χ4n) is 3.52. The maximum atomic E-state index is 12.5. The summed E-state index contributed by atoms with van der Waals surface area (Å²) in [6.07, 6.45) is 1.48. The summed E-state index contributed by atoms with van der Waals surface area (Å²) in [6, 6.07) is 6.54. The molecular weight excluding hydrogens is 378 g/mol. The number of nitrogens with one attached hydrogen (secondary N) is 2. The predicted molar refractivity (Wildman–Crippen MR) is 101 cm³/mol. The first-order valence-electron chi connectivity index (χ1n) is 9.42. The van der Waals surface area contributed by atoms with Gasteiger partial charge in [0.05, 0.1) is 38.1 Å².